The molecule has 0 aromatic carbocycles. The molecule has 1 aliphatic carbocycles. The van der Waals surface area contributed by atoms with E-state index in [9.17, 15) is 4.79 Å². The molecule has 110 valence electrons. The van der Waals surface area contributed by atoms with Crippen molar-refractivity contribution in [3.63, 3.8) is 0 Å². The molecule has 2 rings (SSSR count). The van der Waals surface area contributed by atoms with Gasteiger partial charge >= 0.3 is 0 Å². The number of likely N-dealkylation sites (N-methyl/N-ethyl adjacent to an activating group) is 1. The molecule has 1 amide bonds. The Labute approximate surface area is 117 Å². The van der Waals surface area contributed by atoms with Crippen LogP contribution in [0.4, 0.5) is 0 Å². The van der Waals surface area contributed by atoms with Crippen molar-refractivity contribution in [2.45, 2.75) is 57.0 Å². The average Bonchev–Trinajstić information content (AvgIpc) is 3.01. The summed E-state index contributed by atoms with van der Waals surface area (Å²) in [4.78, 5) is 16.9. The largest absolute Gasteiger partial charge is 0.338 e. The van der Waals surface area contributed by atoms with Crippen LogP contribution < -0.4 is 5.32 Å². The van der Waals surface area contributed by atoms with E-state index in [1.165, 1.54) is 32.1 Å². The first kappa shape index (κ1) is 14.8. The van der Waals surface area contributed by atoms with Gasteiger partial charge in [0.05, 0.1) is 0 Å². The highest BCUT2D eigenvalue weighted by Crippen LogP contribution is 2.24. The third-order valence-electron chi connectivity index (χ3n) is 4.46. The number of rotatable bonds is 6. The zero-order valence-electron chi connectivity index (χ0n) is 12.5. The van der Waals surface area contributed by atoms with E-state index < -0.39 is 0 Å². The highest BCUT2D eigenvalue weighted by Gasteiger charge is 2.28. The maximum absolute atomic E-state index is 12.6. The number of amides is 1. The lowest BCUT2D eigenvalue weighted by atomic mass is 10.1. The molecule has 19 heavy (non-hydrogen) atoms. The molecule has 1 unspecified atom stereocenters. The van der Waals surface area contributed by atoms with Crippen LogP contribution in [0.5, 0.6) is 0 Å². The lowest BCUT2D eigenvalue weighted by Crippen LogP contribution is -2.44. The average molecular weight is 267 g/mol. The summed E-state index contributed by atoms with van der Waals surface area (Å²) in [6.45, 7) is 2.95. The van der Waals surface area contributed by atoms with Crippen molar-refractivity contribution in [3.05, 3.63) is 0 Å². The SMILES string of the molecule is CN(C)CCN(C(=O)CC1CCCN1)C1CCCC1. The quantitative estimate of drug-likeness (QED) is 0.791. The second kappa shape index (κ2) is 7.25. The van der Waals surface area contributed by atoms with Gasteiger partial charge in [-0.05, 0) is 46.3 Å². The van der Waals surface area contributed by atoms with Gasteiger partial charge in [-0.1, -0.05) is 12.8 Å². The Kier molecular flexibility index (Phi) is 5.64. The zero-order chi connectivity index (χ0) is 13.7. The molecule has 1 saturated heterocycles. The van der Waals surface area contributed by atoms with E-state index in [4.69, 9.17) is 0 Å². The summed E-state index contributed by atoms with van der Waals surface area (Å²) in [7, 11) is 4.16. The molecule has 2 aliphatic rings. The summed E-state index contributed by atoms with van der Waals surface area (Å²) >= 11 is 0. The zero-order valence-corrected chi connectivity index (χ0v) is 12.5. The van der Waals surface area contributed by atoms with Crippen LogP contribution in [-0.4, -0.2) is 61.5 Å². The fourth-order valence-corrected chi connectivity index (χ4v) is 3.29. The van der Waals surface area contributed by atoms with Crippen molar-refractivity contribution in [1.29, 1.82) is 0 Å². The van der Waals surface area contributed by atoms with E-state index in [0.717, 1.165) is 26.1 Å². The number of hydrogen-bond donors (Lipinski definition) is 1. The Morgan fingerprint density at radius 2 is 1.84 bits per heavy atom. The van der Waals surface area contributed by atoms with Crippen LogP contribution in [0.3, 0.4) is 0 Å². The van der Waals surface area contributed by atoms with Crippen molar-refractivity contribution in [3.8, 4) is 0 Å². The fraction of sp³-hybridized carbons (Fsp3) is 0.933. The van der Waals surface area contributed by atoms with Crippen molar-refractivity contribution < 1.29 is 4.79 Å². The third kappa shape index (κ3) is 4.46. The fourth-order valence-electron chi connectivity index (χ4n) is 3.29. The van der Waals surface area contributed by atoms with Crippen LogP contribution in [0.1, 0.15) is 44.9 Å². The van der Waals surface area contributed by atoms with Crippen LogP contribution in [0.15, 0.2) is 0 Å². The summed E-state index contributed by atoms with van der Waals surface area (Å²) < 4.78 is 0. The summed E-state index contributed by atoms with van der Waals surface area (Å²) in [5.41, 5.74) is 0. The summed E-state index contributed by atoms with van der Waals surface area (Å²) in [5.74, 6) is 0.369. The monoisotopic (exact) mass is 267 g/mol. The molecule has 1 aliphatic heterocycles. The molecule has 0 bridgehead atoms. The number of carbonyl (C=O) groups is 1. The Morgan fingerprint density at radius 1 is 1.11 bits per heavy atom. The molecule has 1 heterocycles. The maximum Gasteiger partial charge on any atom is 0.224 e. The predicted molar refractivity (Wildman–Crippen MR) is 78.2 cm³/mol. The van der Waals surface area contributed by atoms with Crippen LogP contribution in [0, 0.1) is 0 Å². The van der Waals surface area contributed by atoms with E-state index in [-0.39, 0.29) is 0 Å². The van der Waals surface area contributed by atoms with E-state index in [0.29, 0.717) is 24.4 Å². The molecule has 0 spiro atoms. The normalized spacial score (nSPS) is 24.3. The summed E-state index contributed by atoms with van der Waals surface area (Å²) in [5, 5.41) is 3.44. The first-order chi connectivity index (χ1) is 9.16. The molecule has 1 N–H and O–H groups in total. The van der Waals surface area contributed by atoms with Gasteiger partial charge in [0.2, 0.25) is 5.91 Å². The first-order valence-corrected chi connectivity index (χ1v) is 7.84. The number of carbonyl (C=O) groups excluding carboxylic acids is 1. The van der Waals surface area contributed by atoms with E-state index in [1.807, 2.05) is 0 Å². The standard InChI is InChI=1S/C15H29N3O/c1-17(2)10-11-18(14-7-3-4-8-14)15(19)12-13-6-5-9-16-13/h13-14,16H,3-12H2,1-2H3. The van der Waals surface area contributed by atoms with Crippen LogP contribution in [0.25, 0.3) is 0 Å². The van der Waals surface area contributed by atoms with Gasteiger partial charge in [0.15, 0.2) is 0 Å². The number of nitrogens with one attached hydrogen (secondary N) is 1. The van der Waals surface area contributed by atoms with Gasteiger partial charge in [-0.25, -0.2) is 0 Å². The number of nitrogens with zero attached hydrogens (tertiary/aromatic N) is 2. The number of hydrogen-bond acceptors (Lipinski definition) is 3. The molecule has 1 atom stereocenters. The molecule has 0 aromatic rings. The molecule has 4 heteroatoms. The molecule has 2 fully saturated rings. The molecule has 0 aromatic heterocycles. The van der Waals surface area contributed by atoms with Crippen molar-refractivity contribution in [2.75, 3.05) is 33.7 Å². The maximum atomic E-state index is 12.6. The second-order valence-corrected chi connectivity index (χ2v) is 6.33. The molecular weight excluding hydrogens is 238 g/mol. The van der Waals surface area contributed by atoms with Crippen LogP contribution >= 0.6 is 0 Å². The molecule has 4 nitrogen and oxygen atoms in total. The Bertz CT molecular complexity index is 281. The Hall–Kier alpha value is -0.610. The van der Waals surface area contributed by atoms with Gasteiger partial charge in [0.25, 0.3) is 0 Å². The Balaban J connectivity index is 1.88. The highest BCUT2D eigenvalue weighted by molar-refractivity contribution is 5.77. The molecule has 0 radical (unpaired) electrons. The van der Waals surface area contributed by atoms with Gasteiger partial charge < -0.3 is 15.1 Å². The summed E-state index contributed by atoms with van der Waals surface area (Å²) in [6, 6.07) is 0.935. The Morgan fingerprint density at radius 3 is 2.42 bits per heavy atom. The van der Waals surface area contributed by atoms with Gasteiger partial charge in [-0.3, -0.25) is 4.79 Å². The third-order valence-corrected chi connectivity index (χ3v) is 4.46. The first-order valence-electron chi connectivity index (χ1n) is 7.84. The van der Waals surface area contributed by atoms with Crippen molar-refractivity contribution in [2.24, 2.45) is 0 Å². The lowest BCUT2D eigenvalue weighted by molar-refractivity contribution is -0.134. The smallest absolute Gasteiger partial charge is 0.224 e. The van der Waals surface area contributed by atoms with Gasteiger partial charge in [0.1, 0.15) is 0 Å². The summed E-state index contributed by atoms with van der Waals surface area (Å²) in [6.07, 6.45) is 8.08. The second-order valence-electron chi connectivity index (χ2n) is 6.33. The minimum Gasteiger partial charge on any atom is -0.338 e. The van der Waals surface area contributed by atoms with E-state index in [1.54, 1.807) is 0 Å². The van der Waals surface area contributed by atoms with Crippen molar-refractivity contribution >= 4 is 5.91 Å². The topological polar surface area (TPSA) is 35.6 Å². The van der Waals surface area contributed by atoms with E-state index >= 15 is 0 Å². The van der Waals surface area contributed by atoms with Gasteiger partial charge in [-0.15, -0.1) is 0 Å². The van der Waals surface area contributed by atoms with Crippen LogP contribution in [-0.2, 0) is 4.79 Å². The molecule has 1 saturated carbocycles. The van der Waals surface area contributed by atoms with Gasteiger partial charge in [0, 0.05) is 31.6 Å². The predicted octanol–water partition coefficient (Wildman–Crippen LogP) is 1.46. The van der Waals surface area contributed by atoms with Crippen LogP contribution in [0.2, 0.25) is 0 Å². The minimum absolute atomic E-state index is 0.369. The van der Waals surface area contributed by atoms with Gasteiger partial charge in [-0.2, -0.15) is 0 Å². The van der Waals surface area contributed by atoms with Crippen molar-refractivity contribution in [1.82, 2.24) is 15.1 Å². The molecular formula is C15H29N3O. The minimum atomic E-state index is 0.369. The lowest BCUT2D eigenvalue weighted by Gasteiger charge is -2.31. The highest BCUT2D eigenvalue weighted by atomic mass is 16.2. The van der Waals surface area contributed by atoms with E-state index in [2.05, 4.69) is 29.2 Å².